The van der Waals surface area contributed by atoms with Crippen LogP contribution < -0.4 is 16.2 Å². The van der Waals surface area contributed by atoms with E-state index in [0.717, 1.165) is 5.56 Å². The molecule has 1 heterocycles. The zero-order valence-corrected chi connectivity index (χ0v) is 9.97. The summed E-state index contributed by atoms with van der Waals surface area (Å²) in [5.74, 6) is -0.449. The molecule has 1 saturated heterocycles. The molecule has 0 aromatic heterocycles. The number of nitrogens with one attached hydrogen (secondary N) is 3. The van der Waals surface area contributed by atoms with Gasteiger partial charge in [0.1, 0.15) is 6.04 Å². The molecule has 1 unspecified atom stereocenters. The molecule has 1 atom stereocenters. The Morgan fingerprint density at radius 1 is 1.53 bits per heavy atom. The van der Waals surface area contributed by atoms with Crippen molar-refractivity contribution in [3.05, 3.63) is 28.8 Å². The van der Waals surface area contributed by atoms with Gasteiger partial charge in [0.15, 0.2) is 0 Å². The van der Waals surface area contributed by atoms with E-state index in [-0.39, 0.29) is 18.2 Å². The van der Waals surface area contributed by atoms with Crippen LogP contribution in [0.5, 0.6) is 0 Å². The Morgan fingerprint density at radius 3 is 2.88 bits per heavy atom. The fourth-order valence-corrected chi connectivity index (χ4v) is 1.69. The molecule has 6 heteroatoms. The van der Waals surface area contributed by atoms with Gasteiger partial charge in [-0.15, -0.1) is 0 Å². The number of amides is 2. The predicted octanol–water partition coefficient (Wildman–Crippen LogP) is 0.980. The summed E-state index contributed by atoms with van der Waals surface area (Å²) in [6.07, 6.45) is 0.144. The van der Waals surface area contributed by atoms with Gasteiger partial charge >= 0.3 is 0 Å². The molecule has 17 heavy (non-hydrogen) atoms. The third-order valence-electron chi connectivity index (χ3n) is 2.53. The Hall–Kier alpha value is -1.59. The SMILES string of the molecule is Cc1ccc(NC(=O)C2CC(=O)NN2)cc1Cl. The van der Waals surface area contributed by atoms with Crippen molar-refractivity contribution < 1.29 is 9.59 Å². The summed E-state index contributed by atoms with van der Waals surface area (Å²) in [6.45, 7) is 1.88. The van der Waals surface area contributed by atoms with Gasteiger partial charge in [0.25, 0.3) is 0 Å². The lowest BCUT2D eigenvalue weighted by Gasteiger charge is -2.10. The molecule has 0 aliphatic carbocycles. The van der Waals surface area contributed by atoms with Crippen LogP contribution in [0.1, 0.15) is 12.0 Å². The van der Waals surface area contributed by atoms with E-state index in [0.29, 0.717) is 10.7 Å². The molecule has 3 N–H and O–H groups in total. The minimum atomic E-state index is -0.539. The normalized spacial score (nSPS) is 18.9. The van der Waals surface area contributed by atoms with Gasteiger partial charge in [-0.25, -0.2) is 5.43 Å². The Balaban J connectivity index is 2.03. The van der Waals surface area contributed by atoms with E-state index in [1.54, 1.807) is 12.1 Å². The number of carbonyl (C=O) groups is 2. The van der Waals surface area contributed by atoms with Crippen molar-refractivity contribution in [2.24, 2.45) is 0 Å². The first-order chi connectivity index (χ1) is 8.06. The van der Waals surface area contributed by atoms with E-state index >= 15 is 0 Å². The fraction of sp³-hybridized carbons (Fsp3) is 0.273. The highest BCUT2D eigenvalue weighted by atomic mass is 35.5. The van der Waals surface area contributed by atoms with Gasteiger partial charge in [0, 0.05) is 10.7 Å². The molecule has 5 nitrogen and oxygen atoms in total. The standard InChI is InChI=1S/C11H12ClN3O2/c1-6-2-3-7(4-8(6)12)13-11(17)9-5-10(16)15-14-9/h2-4,9,14H,5H2,1H3,(H,13,17)(H,15,16). The Labute approximate surface area is 103 Å². The van der Waals surface area contributed by atoms with E-state index in [1.807, 2.05) is 13.0 Å². The van der Waals surface area contributed by atoms with Crippen LogP contribution in [0, 0.1) is 6.92 Å². The highest BCUT2D eigenvalue weighted by molar-refractivity contribution is 6.31. The lowest BCUT2D eigenvalue weighted by atomic mass is 10.2. The molecule has 1 fully saturated rings. The summed E-state index contributed by atoms with van der Waals surface area (Å²) in [5, 5.41) is 3.29. The molecule has 2 rings (SSSR count). The Kier molecular flexibility index (Phi) is 3.31. The maximum absolute atomic E-state index is 11.7. The van der Waals surface area contributed by atoms with E-state index in [4.69, 9.17) is 11.6 Å². The molecular weight excluding hydrogens is 242 g/mol. The van der Waals surface area contributed by atoms with Crippen molar-refractivity contribution in [2.45, 2.75) is 19.4 Å². The average molecular weight is 254 g/mol. The van der Waals surface area contributed by atoms with Gasteiger partial charge in [-0.05, 0) is 24.6 Å². The van der Waals surface area contributed by atoms with Crippen molar-refractivity contribution >= 4 is 29.1 Å². The van der Waals surface area contributed by atoms with Crippen molar-refractivity contribution in [1.29, 1.82) is 0 Å². The number of rotatable bonds is 2. The van der Waals surface area contributed by atoms with Crippen molar-refractivity contribution in [2.75, 3.05) is 5.32 Å². The first kappa shape index (κ1) is 11.9. The summed E-state index contributed by atoms with van der Waals surface area (Å²) in [6, 6.07) is 4.73. The fourth-order valence-electron chi connectivity index (χ4n) is 1.51. The summed E-state index contributed by atoms with van der Waals surface area (Å²) in [4.78, 5) is 22.7. The lowest BCUT2D eigenvalue weighted by Crippen LogP contribution is -2.39. The van der Waals surface area contributed by atoms with Crippen LogP contribution in [0.3, 0.4) is 0 Å². The van der Waals surface area contributed by atoms with Crippen LogP contribution in [-0.2, 0) is 9.59 Å². The summed E-state index contributed by atoms with van der Waals surface area (Å²) in [5.41, 5.74) is 6.55. The first-order valence-electron chi connectivity index (χ1n) is 5.17. The maximum Gasteiger partial charge on any atom is 0.243 e. The topological polar surface area (TPSA) is 70.2 Å². The minimum absolute atomic E-state index is 0.144. The van der Waals surface area contributed by atoms with Crippen LogP contribution in [0.15, 0.2) is 18.2 Å². The number of halogens is 1. The van der Waals surface area contributed by atoms with Gasteiger partial charge in [-0.1, -0.05) is 17.7 Å². The number of anilines is 1. The zero-order chi connectivity index (χ0) is 12.4. The Bertz CT molecular complexity index is 476. The van der Waals surface area contributed by atoms with Gasteiger partial charge in [-0.2, -0.15) is 0 Å². The zero-order valence-electron chi connectivity index (χ0n) is 9.21. The largest absolute Gasteiger partial charge is 0.325 e. The minimum Gasteiger partial charge on any atom is -0.325 e. The number of hydrogen-bond donors (Lipinski definition) is 3. The molecular formula is C11H12ClN3O2. The molecule has 90 valence electrons. The molecule has 1 aromatic carbocycles. The third kappa shape index (κ3) is 2.75. The van der Waals surface area contributed by atoms with E-state index in [2.05, 4.69) is 16.2 Å². The van der Waals surface area contributed by atoms with Crippen LogP contribution in [0.25, 0.3) is 0 Å². The second-order valence-corrected chi connectivity index (χ2v) is 4.31. The molecule has 1 aliphatic rings. The molecule has 0 bridgehead atoms. The van der Waals surface area contributed by atoms with E-state index < -0.39 is 6.04 Å². The highest BCUT2D eigenvalue weighted by Gasteiger charge is 2.27. The molecule has 0 spiro atoms. The van der Waals surface area contributed by atoms with E-state index in [1.165, 1.54) is 0 Å². The quantitative estimate of drug-likeness (QED) is 0.736. The smallest absolute Gasteiger partial charge is 0.243 e. The van der Waals surface area contributed by atoms with Crippen LogP contribution >= 0.6 is 11.6 Å². The summed E-state index contributed by atoms with van der Waals surface area (Å²) in [7, 11) is 0. The summed E-state index contributed by atoms with van der Waals surface area (Å²) >= 11 is 5.95. The van der Waals surface area contributed by atoms with Crippen molar-refractivity contribution in [3.8, 4) is 0 Å². The van der Waals surface area contributed by atoms with Crippen LogP contribution in [-0.4, -0.2) is 17.9 Å². The van der Waals surface area contributed by atoms with Gasteiger partial charge in [0.05, 0.1) is 6.42 Å². The highest BCUT2D eigenvalue weighted by Crippen LogP contribution is 2.20. The number of benzene rings is 1. The number of aryl methyl sites for hydroxylation is 1. The van der Waals surface area contributed by atoms with Crippen LogP contribution in [0.4, 0.5) is 5.69 Å². The predicted molar refractivity (Wildman–Crippen MR) is 64.5 cm³/mol. The molecule has 1 aromatic rings. The Morgan fingerprint density at radius 2 is 2.29 bits per heavy atom. The molecule has 2 amide bonds. The van der Waals surface area contributed by atoms with E-state index in [9.17, 15) is 9.59 Å². The number of carbonyl (C=O) groups excluding carboxylic acids is 2. The number of hydrazine groups is 1. The maximum atomic E-state index is 11.7. The second-order valence-electron chi connectivity index (χ2n) is 3.90. The molecule has 1 aliphatic heterocycles. The van der Waals surface area contributed by atoms with Gasteiger partial charge < -0.3 is 5.32 Å². The average Bonchev–Trinajstić information content (AvgIpc) is 2.70. The molecule has 0 saturated carbocycles. The van der Waals surface area contributed by atoms with Gasteiger partial charge in [0.2, 0.25) is 11.8 Å². The first-order valence-corrected chi connectivity index (χ1v) is 5.55. The monoisotopic (exact) mass is 253 g/mol. The van der Waals surface area contributed by atoms with Crippen molar-refractivity contribution in [1.82, 2.24) is 10.9 Å². The molecule has 0 radical (unpaired) electrons. The van der Waals surface area contributed by atoms with Crippen molar-refractivity contribution in [3.63, 3.8) is 0 Å². The van der Waals surface area contributed by atoms with Gasteiger partial charge in [-0.3, -0.25) is 15.0 Å². The summed E-state index contributed by atoms with van der Waals surface area (Å²) < 4.78 is 0. The third-order valence-corrected chi connectivity index (χ3v) is 2.94. The second kappa shape index (κ2) is 4.73. The number of hydrogen-bond acceptors (Lipinski definition) is 3. The van der Waals surface area contributed by atoms with Crippen LogP contribution in [0.2, 0.25) is 5.02 Å². The lowest BCUT2D eigenvalue weighted by molar-refractivity contribution is -0.121.